The maximum Gasteiger partial charge on any atom is 0.193 e. The van der Waals surface area contributed by atoms with E-state index < -0.39 is 0 Å². The Morgan fingerprint density at radius 2 is 2.14 bits per heavy atom. The molecule has 2 rings (SSSR count). The highest BCUT2D eigenvalue weighted by atomic mass is 16.5. The highest BCUT2D eigenvalue weighted by Crippen LogP contribution is 2.18. The van der Waals surface area contributed by atoms with Gasteiger partial charge < -0.3 is 15.0 Å². The number of aromatic nitrogens is 2. The molecule has 1 heterocycles. The minimum atomic E-state index is 0.404. The van der Waals surface area contributed by atoms with Crippen LogP contribution in [0.3, 0.4) is 0 Å². The number of aryl methyl sites for hydroxylation is 1. The van der Waals surface area contributed by atoms with Crippen molar-refractivity contribution in [3.05, 3.63) is 47.3 Å². The van der Waals surface area contributed by atoms with Gasteiger partial charge in [-0.3, -0.25) is 9.67 Å². The Labute approximate surface area is 169 Å². The first-order valence-electron chi connectivity index (χ1n) is 10.1. The standard InChI is InChI=1S/C22H35N5O/c1-7-13-28-20-10-8-9-18(14-20)11-12-24-22(23-4)26(5)15-19-16-27(6)25-21(19)17(2)3/h8-10,14,16-17H,7,11-13,15H2,1-6H3,(H,23,24). The van der Waals surface area contributed by atoms with Gasteiger partial charge in [-0.1, -0.05) is 32.9 Å². The smallest absolute Gasteiger partial charge is 0.193 e. The molecule has 0 bridgehead atoms. The van der Waals surface area contributed by atoms with Crippen molar-refractivity contribution < 1.29 is 4.74 Å². The summed E-state index contributed by atoms with van der Waals surface area (Å²) < 4.78 is 7.61. The Kier molecular flexibility index (Phi) is 8.36. The van der Waals surface area contributed by atoms with E-state index in [1.54, 1.807) is 0 Å². The number of nitrogens with one attached hydrogen (secondary N) is 1. The van der Waals surface area contributed by atoms with Crippen molar-refractivity contribution in [2.75, 3.05) is 27.2 Å². The van der Waals surface area contributed by atoms with Crippen molar-refractivity contribution in [2.24, 2.45) is 12.0 Å². The lowest BCUT2D eigenvalue weighted by Crippen LogP contribution is -2.39. The fraction of sp³-hybridized carbons (Fsp3) is 0.545. The van der Waals surface area contributed by atoms with E-state index >= 15 is 0 Å². The van der Waals surface area contributed by atoms with Gasteiger partial charge in [-0.2, -0.15) is 5.10 Å². The highest BCUT2D eigenvalue weighted by Gasteiger charge is 2.15. The van der Waals surface area contributed by atoms with Gasteiger partial charge in [0.25, 0.3) is 0 Å². The van der Waals surface area contributed by atoms with Crippen LogP contribution in [0.4, 0.5) is 0 Å². The molecule has 0 saturated heterocycles. The fourth-order valence-electron chi connectivity index (χ4n) is 3.21. The quantitative estimate of drug-likeness (QED) is 0.529. The van der Waals surface area contributed by atoms with Gasteiger partial charge in [0.05, 0.1) is 12.3 Å². The third-order valence-electron chi connectivity index (χ3n) is 4.53. The topological polar surface area (TPSA) is 54.7 Å². The van der Waals surface area contributed by atoms with E-state index in [1.807, 2.05) is 24.8 Å². The molecule has 1 N–H and O–H groups in total. The Bertz CT molecular complexity index is 766. The zero-order valence-electron chi connectivity index (χ0n) is 18.2. The summed E-state index contributed by atoms with van der Waals surface area (Å²) in [5.74, 6) is 2.23. The number of hydrogen-bond acceptors (Lipinski definition) is 3. The van der Waals surface area contributed by atoms with Gasteiger partial charge in [0, 0.05) is 46.0 Å². The number of hydrogen-bond donors (Lipinski definition) is 1. The van der Waals surface area contributed by atoms with Crippen LogP contribution < -0.4 is 10.1 Å². The zero-order chi connectivity index (χ0) is 20.5. The third-order valence-corrected chi connectivity index (χ3v) is 4.53. The molecule has 0 spiro atoms. The summed E-state index contributed by atoms with van der Waals surface area (Å²) in [7, 11) is 5.86. The average molecular weight is 386 g/mol. The van der Waals surface area contributed by atoms with Crippen LogP contribution >= 0.6 is 0 Å². The van der Waals surface area contributed by atoms with Crippen molar-refractivity contribution in [1.29, 1.82) is 0 Å². The Balaban J connectivity index is 1.90. The highest BCUT2D eigenvalue weighted by molar-refractivity contribution is 5.79. The second kappa shape index (κ2) is 10.7. The molecule has 0 radical (unpaired) electrons. The van der Waals surface area contributed by atoms with Crippen LogP contribution in [0, 0.1) is 0 Å². The van der Waals surface area contributed by atoms with E-state index in [2.05, 4.69) is 72.5 Å². The van der Waals surface area contributed by atoms with E-state index in [0.29, 0.717) is 5.92 Å². The first-order chi connectivity index (χ1) is 13.4. The van der Waals surface area contributed by atoms with Gasteiger partial charge in [-0.15, -0.1) is 0 Å². The number of guanidine groups is 1. The first-order valence-corrected chi connectivity index (χ1v) is 10.1. The van der Waals surface area contributed by atoms with Crippen LogP contribution in [-0.4, -0.2) is 47.9 Å². The molecule has 0 aliphatic carbocycles. The molecule has 0 atom stereocenters. The summed E-state index contributed by atoms with van der Waals surface area (Å²) in [5, 5.41) is 8.06. The molecule has 2 aromatic rings. The predicted molar refractivity (Wildman–Crippen MR) is 116 cm³/mol. The van der Waals surface area contributed by atoms with Crippen molar-refractivity contribution in [3.8, 4) is 5.75 Å². The summed E-state index contributed by atoms with van der Waals surface area (Å²) in [4.78, 5) is 6.58. The fourth-order valence-corrected chi connectivity index (χ4v) is 3.21. The summed E-state index contributed by atoms with van der Waals surface area (Å²) in [5.41, 5.74) is 3.64. The average Bonchev–Trinajstić information content (AvgIpc) is 3.04. The molecule has 0 fully saturated rings. The lowest BCUT2D eigenvalue weighted by Gasteiger charge is -2.22. The van der Waals surface area contributed by atoms with Crippen LogP contribution in [0.1, 0.15) is 49.9 Å². The van der Waals surface area contributed by atoms with Gasteiger partial charge in [-0.05, 0) is 36.5 Å². The van der Waals surface area contributed by atoms with E-state index in [-0.39, 0.29) is 0 Å². The monoisotopic (exact) mass is 385 g/mol. The summed E-state index contributed by atoms with van der Waals surface area (Å²) in [6, 6.07) is 8.32. The Morgan fingerprint density at radius 1 is 1.36 bits per heavy atom. The minimum absolute atomic E-state index is 0.404. The van der Waals surface area contributed by atoms with E-state index in [4.69, 9.17) is 4.74 Å². The molecular formula is C22H35N5O. The summed E-state index contributed by atoms with van der Waals surface area (Å²) in [6.45, 7) is 8.82. The summed E-state index contributed by atoms with van der Waals surface area (Å²) >= 11 is 0. The lowest BCUT2D eigenvalue weighted by molar-refractivity contribution is 0.317. The number of ether oxygens (including phenoxy) is 1. The van der Waals surface area contributed by atoms with Crippen LogP contribution in [0.2, 0.25) is 0 Å². The van der Waals surface area contributed by atoms with E-state index in [9.17, 15) is 0 Å². The van der Waals surface area contributed by atoms with Crippen molar-refractivity contribution in [2.45, 2.75) is 46.1 Å². The third kappa shape index (κ3) is 6.29. The predicted octanol–water partition coefficient (Wildman–Crippen LogP) is 3.58. The molecule has 154 valence electrons. The van der Waals surface area contributed by atoms with Gasteiger partial charge >= 0.3 is 0 Å². The van der Waals surface area contributed by atoms with Crippen LogP contribution in [0.25, 0.3) is 0 Å². The normalized spacial score (nSPS) is 11.8. The molecular weight excluding hydrogens is 350 g/mol. The first kappa shape index (κ1) is 21.8. The maximum atomic E-state index is 5.72. The molecule has 1 aromatic heterocycles. The van der Waals surface area contributed by atoms with Gasteiger partial charge in [0.1, 0.15) is 5.75 Å². The van der Waals surface area contributed by atoms with E-state index in [1.165, 1.54) is 11.1 Å². The second-order valence-electron chi connectivity index (χ2n) is 7.44. The number of nitrogens with zero attached hydrogens (tertiary/aromatic N) is 4. The lowest BCUT2D eigenvalue weighted by atomic mass is 10.1. The van der Waals surface area contributed by atoms with Gasteiger partial charge in [-0.25, -0.2) is 0 Å². The molecule has 0 unspecified atom stereocenters. The van der Waals surface area contributed by atoms with Crippen LogP contribution in [-0.2, 0) is 20.0 Å². The van der Waals surface area contributed by atoms with Crippen molar-refractivity contribution >= 4 is 5.96 Å². The summed E-state index contributed by atoms with van der Waals surface area (Å²) in [6.07, 6.45) is 4.03. The van der Waals surface area contributed by atoms with Crippen LogP contribution in [0.15, 0.2) is 35.5 Å². The van der Waals surface area contributed by atoms with E-state index in [0.717, 1.165) is 49.9 Å². The molecule has 1 aromatic carbocycles. The van der Waals surface area contributed by atoms with Crippen molar-refractivity contribution in [1.82, 2.24) is 20.0 Å². The zero-order valence-corrected chi connectivity index (χ0v) is 18.2. The molecule has 0 aliphatic heterocycles. The van der Waals surface area contributed by atoms with Gasteiger partial charge in [0.2, 0.25) is 0 Å². The Hall–Kier alpha value is -2.50. The SMILES string of the molecule is CCCOc1cccc(CCNC(=NC)N(C)Cc2cn(C)nc2C(C)C)c1. The minimum Gasteiger partial charge on any atom is -0.494 e. The van der Waals surface area contributed by atoms with Crippen LogP contribution in [0.5, 0.6) is 5.75 Å². The van der Waals surface area contributed by atoms with Crippen molar-refractivity contribution in [3.63, 3.8) is 0 Å². The number of aliphatic imine (C=N–C) groups is 1. The molecule has 0 amide bonds. The number of rotatable bonds is 9. The largest absolute Gasteiger partial charge is 0.494 e. The molecule has 6 heteroatoms. The molecule has 0 aliphatic rings. The number of benzene rings is 1. The second-order valence-corrected chi connectivity index (χ2v) is 7.44. The molecule has 6 nitrogen and oxygen atoms in total. The molecule has 28 heavy (non-hydrogen) atoms. The molecule has 0 saturated carbocycles. The maximum absolute atomic E-state index is 5.72. The van der Waals surface area contributed by atoms with Gasteiger partial charge in [0.15, 0.2) is 5.96 Å². The Morgan fingerprint density at radius 3 is 2.82 bits per heavy atom.